The molecule has 0 atom stereocenters. The van der Waals surface area contributed by atoms with Crippen LogP contribution in [0.5, 0.6) is 0 Å². The third-order valence-corrected chi connectivity index (χ3v) is 3.09. The summed E-state index contributed by atoms with van der Waals surface area (Å²) in [7, 11) is 2.05. The molecule has 0 unspecified atom stereocenters. The molecule has 0 aromatic carbocycles. The number of hydrogen-bond acceptors (Lipinski definition) is 1. The van der Waals surface area contributed by atoms with Crippen molar-refractivity contribution >= 4 is 5.96 Å². The smallest absolute Gasteiger partial charge is 0.191 e. The van der Waals surface area contributed by atoms with Crippen molar-refractivity contribution in [3.8, 4) is 0 Å². The van der Waals surface area contributed by atoms with E-state index in [1.807, 2.05) is 7.05 Å². The van der Waals surface area contributed by atoms with Gasteiger partial charge in [-0.2, -0.15) is 0 Å². The van der Waals surface area contributed by atoms with Crippen LogP contribution >= 0.6 is 0 Å². The molecule has 16 heavy (non-hydrogen) atoms. The van der Waals surface area contributed by atoms with Crippen molar-refractivity contribution < 1.29 is 0 Å². The standard InChI is InChI=1S/C13H27N3/c1-10(2)8-13(3,4)9-15-12(14)16(5)11-6-7-11/h10-11H,6-9H2,1-5H3,(H2,14,15). The van der Waals surface area contributed by atoms with Gasteiger partial charge in [-0.1, -0.05) is 27.7 Å². The number of hydrogen-bond donors (Lipinski definition) is 1. The van der Waals surface area contributed by atoms with Crippen molar-refractivity contribution in [2.45, 2.75) is 53.0 Å². The zero-order valence-corrected chi connectivity index (χ0v) is 11.5. The Hall–Kier alpha value is -0.730. The first-order valence-corrected chi connectivity index (χ1v) is 6.34. The van der Waals surface area contributed by atoms with E-state index in [0.29, 0.717) is 17.9 Å². The molecular formula is C13H27N3. The topological polar surface area (TPSA) is 41.6 Å². The molecule has 0 radical (unpaired) electrons. The number of nitrogens with zero attached hydrogens (tertiary/aromatic N) is 2. The number of nitrogens with two attached hydrogens (primary N) is 1. The molecule has 3 nitrogen and oxygen atoms in total. The fourth-order valence-corrected chi connectivity index (χ4v) is 2.23. The molecule has 0 amide bonds. The summed E-state index contributed by atoms with van der Waals surface area (Å²) in [5.41, 5.74) is 6.23. The zero-order chi connectivity index (χ0) is 12.3. The van der Waals surface area contributed by atoms with E-state index in [-0.39, 0.29) is 5.41 Å². The summed E-state index contributed by atoms with van der Waals surface area (Å²) in [5, 5.41) is 0. The Labute approximate surface area is 100 Å². The maximum atomic E-state index is 5.97. The fraction of sp³-hybridized carbons (Fsp3) is 0.923. The predicted molar refractivity (Wildman–Crippen MR) is 70.5 cm³/mol. The molecule has 0 aromatic rings. The van der Waals surface area contributed by atoms with Crippen LogP contribution in [0.4, 0.5) is 0 Å². The number of guanidine groups is 1. The van der Waals surface area contributed by atoms with Crippen LogP contribution in [0.1, 0.15) is 47.0 Å². The van der Waals surface area contributed by atoms with E-state index in [1.165, 1.54) is 19.3 Å². The van der Waals surface area contributed by atoms with Crippen LogP contribution in [0.15, 0.2) is 4.99 Å². The Morgan fingerprint density at radius 3 is 2.44 bits per heavy atom. The maximum Gasteiger partial charge on any atom is 0.191 e. The second-order valence-corrected chi connectivity index (χ2v) is 6.28. The highest BCUT2D eigenvalue weighted by atomic mass is 15.3. The number of rotatable bonds is 5. The summed E-state index contributed by atoms with van der Waals surface area (Å²) in [6, 6.07) is 0.650. The molecule has 1 aliphatic carbocycles. The van der Waals surface area contributed by atoms with Crippen LogP contribution in [0.3, 0.4) is 0 Å². The lowest BCUT2D eigenvalue weighted by Crippen LogP contribution is -2.36. The van der Waals surface area contributed by atoms with E-state index in [0.717, 1.165) is 6.54 Å². The van der Waals surface area contributed by atoms with Crippen LogP contribution in [0.2, 0.25) is 0 Å². The lowest BCUT2D eigenvalue weighted by molar-refractivity contribution is 0.297. The van der Waals surface area contributed by atoms with Gasteiger partial charge in [0.05, 0.1) is 0 Å². The van der Waals surface area contributed by atoms with Gasteiger partial charge in [-0.3, -0.25) is 4.99 Å². The van der Waals surface area contributed by atoms with Gasteiger partial charge in [0.2, 0.25) is 0 Å². The minimum atomic E-state index is 0.253. The SMILES string of the molecule is CC(C)CC(C)(C)CN=C(N)N(C)C1CC1. The Bertz CT molecular complexity index is 252. The van der Waals surface area contributed by atoms with Crippen LogP contribution in [-0.2, 0) is 0 Å². The molecule has 94 valence electrons. The molecule has 0 aliphatic heterocycles. The van der Waals surface area contributed by atoms with Gasteiger partial charge in [-0.15, -0.1) is 0 Å². The first kappa shape index (κ1) is 13.3. The highest BCUT2D eigenvalue weighted by Gasteiger charge is 2.27. The molecule has 1 saturated carbocycles. The van der Waals surface area contributed by atoms with Gasteiger partial charge in [-0.05, 0) is 30.6 Å². The lowest BCUT2D eigenvalue weighted by Gasteiger charge is -2.26. The molecule has 0 aromatic heterocycles. The van der Waals surface area contributed by atoms with Crippen LogP contribution in [0.25, 0.3) is 0 Å². The Morgan fingerprint density at radius 2 is 2.00 bits per heavy atom. The van der Waals surface area contributed by atoms with Crippen molar-refractivity contribution in [2.24, 2.45) is 22.1 Å². The number of aliphatic imine (C=N–C) groups is 1. The second-order valence-electron chi connectivity index (χ2n) is 6.28. The molecule has 0 spiro atoms. The van der Waals surface area contributed by atoms with Gasteiger partial charge in [0, 0.05) is 19.6 Å². The summed E-state index contributed by atoms with van der Waals surface area (Å²) < 4.78 is 0. The summed E-state index contributed by atoms with van der Waals surface area (Å²) in [6.45, 7) is 9.87. The molecule has 1 fully saturated rings. The summed E-state index contributed by atoms with van der Waals surface area (Å²) in [6.07, 6.45) is 3.72. The highest BCUT2D eigenvalue weighted by molar-refractivity contribution is 5.78. The molecule has 3 heteroatoms. The van der Waals surface area contributed by atoms with Gasteiger partial charge >= 0.3 is 0 Å². The van der Waals surface area contributed by atoms with Crippen molar-refractivity contribution in [1.29, 1.82) is 0 Å². The van der Waals surface area contributed by atoms with Gasteiger partial charge < -0.3 is 10.6 Å². The molecule has 2 N–H and O–H groups in total. The quantitative estimate of drug-likeness (QED) is 0.577. The van der Waals surface area contributed by atoms with E-state index in [2.05, 4.69) is 37.6 Å². The van der Waals surface area contributed by atoms with Crippen molar-refractivity contribution in [2.75, 3.05) is 13.6 Å². The van der Waals surface area contributed by atoms with E-state index in [9.17, 15) is 0 Å². The van der Waals surface area contributed by atoms with Crippen molar-refractivity contribution in [1.82, 2.24) is 4.90 Å². The van der Waals surface area contributed by atoms with Gasteiger partial charge in [-0.25, -0.2) is 0 Å². The van der Waals surface area contributed by atoms with Crippen LogP contribution < -0.4 is 5.73 Å². The molecule has 0 heterocycles. The first-order valence-electron chi connectivity index (χ1n) is 6.34. The molecule has 0 bridgehead atoms. The van der Waals surface area contributed by atoms with Crippen molar-refractivity contribution in [3.63, 3.8) is 0 Å². The largest absolute Gasteiger partial charge is 0.370 e. The van der Waals surface area contributed by atoms with E-state index in [4.69, 9.17) is 5.73 Å². The Balaban J connectivity index is 2.43. The Kier molecular flexibility index (Phi) is 4.22. The maximum absolute atomic E-state index is 5.97. The minimum Gasteiger partial charge on any atom is -0.370 e. The third-order valence-electron chi connectivity index (χ3n) is 3.09. The first-order chi connectivity index (χ1) is 7.32. The Morgan fingerprint density at radius 1 is 1.44 bits per heavy atom. The van der Waals surface area contributed by atoms with Gasteiger partial charge in [0.15, 0.2) is 5.96 Å². The van der Waals surface area contributed by atoms with Gasteiger partial charge in [0.25, 0.3) is 0 Å². The molecule has 0 saturated heterocycles. The predicted octanol–water partition coefficient (Wildman–Crippen LogP) is 2.47. The van der Waals surface area contributed by atoms with Crippen LogP contribution in [-0.4, -0.2) is 30.5 Å². The van der Waals surface area contributed by atoms with E-state index >= 15 is 0 Å². The normalized spacial score (nSPS) is 18.0. The lowest BCUT2D eigenvalue weighted by atomic mass is 9.84. The third kappa shape index (κ3) is 4.42. The van der Waals surface area contributed by atoms with Crippen molar-refractivity contribution in [3.05, 3.63) is 0 Å². The molecular weight excluding hydrogens is 198 g/mol. The monoisotopic (exact) mass is 225 g/mol. The van der Waals surface area contributed by atoms with Crippen LogP contribution in [0, 0.1) is 11.3 Å². The highest BCUT2D eigenvalue weighted by Crippen LogP contribution is 2.27. The summed E-state index contributed by atoms with van der Waals surface area (Å²) in [4.78, 5) is 6.65. The average molecular weight is 225 g/mol. The fourth-order valence-electron chi connectivity index (χ4n) is 2.23. The average Bonchev–Trinajstić information content (AvgIpc) is 2.94. The summed E-state index contributed by atoms with van der Waals surface area (Å²) in [5.74, 6) is 1.42. The zero-order valence-electron chi connectivity index (χ0n) is 11.5. The summed E-state index contributed by atoms with van der Waals surface area (Å²) >= 11 is 0. The molecule has 1 rings (SSSR count). The van der Waals surface area contributed by atoms with Gasteiger partial charge in [0.1, 0.15) is 0 Å². The molecule has 1 aliphatic rings. The second kappa shape index (κ2) is 5.07. The minimum absolute atomic E-state index is 0.253. The van der Waals surface area contributed by atoms with E-state index < -0.39 is 0 Å². The van der Waals surface area contributed by atoms with E-state index in [1.54, 1.807) is 0 Å².